The summed E-state index contributed by atoms with van der Waals surface area (Å²) >= 11 is 3.31. The van der Waals surface area contributed by atoms with Gasteiger partial charge in [0, 0.05) is 12.0 Å². The molecule has 0 atom stereocenters. The molecule has 1 fully saturated rings. The van der Waals surface area contributed by atoms with Crippen LogP contribution >= 0.6 is 15.9 Å². The van der Waals surface area contributed by atoms with Gasteiger partial charge in [0.1, 0.15) is 12.7 Å². The highest BCUT2D eigenvalue weighted by Crippen LogP contribution is 2.39. The van der Waals surface area contributed by atoms with Crippen molar-refractivity contribution in [2.75, 3.05) is 0 Å². The Morgan fingerprint density at radius 1 is 1.33 bits per heavy atom. The predicted octanol–water partition coefficient (Wildman–Crippen LogP) is 1.70. The molecule has 6 heteroatoms. The zero-order chi connectivity index (χ0) is 10.3. The van der Waals surface area contributed by atoms with Crippen LogP contribution in [0.2, 0.25) is 0 Å². The number of aromatic nitrogens is 5. The number of rotatable bonds is 2. The summed E-state index contributed by atoms with van der Waals surface area (Å²) in [7, 11) is 0. The third kappa shape index (κ3) is 1.77. The van der Waals surface area contributed by atoms with Crippen LogP contribution in [0.15, 0.2) is 23.5 Å². The summed E-state index contributed by atoms with van der Waals surface area (Å²) in [6.07, 6.45) is 5.57. The molecule has 5 nitrogen and oxygen atoms in total. The molecule has 3 rings (SSSR count). The highest BCUT2D eigenvalue weighted by Gasteiger charge is 2.26. The molecule has 0 spiro atoms. The molecule has 0 aromatic carbocycles. The summed E-state index contributed by atoms with van der Waals surface area (Å²) in [4.78, 5) is 12.5. The van der Waals surface area contributed by atoms with E-state index in [0.717, 1.165) is 11.5 Å². The first-order chi connectivity index (χ1) is 7.33. The van der Waals surface area contributed by atoms with Gasteiger partial charge in [-0.15, -0.1) is 0 Å². The van der Waals surface area contributed by atoms with E-state index in [9.17, 15) is 0 Å². The minimum absolute atomic E-state index is 0.603. The van der Waals surface area contributed by atoms with E-state index in [0.29, 0.717) is 10.7 Å². The molecule has 1 aliphatic rings. The van der Waals surface area contributed by atoms with E-state index in [1.54, 1.807) is 11.0 Å². The van der Waals surface area contributed by atoms with E-state index < -0.39 is 0 Å². The summed E-state index contributed by atoms with van der Waals surface area (Å²) < 4.78 is 2.25. The lowest BCUT2D eigenvalue weighted by atomic mass is 10.3. The van der Waals surface area contributed by atoms with E-state index in [1.807, 2.05) is 6.07 Å². The van der Waals surface area contributed by atoms with E-state index in [1.165, 1.54) is 19.2 Å². The molecule has 1 aliphatic carbocycles. The molecule has 2 heterocycles. The minimum atomic E-state index is 0.603. The molecule has 0 radical (unpaired) electrons. The van der Waals surface area contributed by atoms with Crippen molar-refractivity contribution >= 4 is 15.9 Å². The molecule has 0 unspecified atom stereocenters. The zero-order valence-corrected chi connectivity index (χ0v) is 9.42. The summed E-state index contributed by atoms with van der Waals surface area (Å²) in [5, 5.41) is 4.04. The van der Waals surface area contributed by atoms with Crippen molar-refractivity contribution in [3.05, 3.63) is 29.1 Å². The van der Waals surface area contributed by atoms with Gasteiger partial charge in [0.15, 0.2) is 10.6 Å². The Hall–Kier alpha value is -1.30. The maximum atomic E-state index is 4.35. The average molecular weight is 266 g/mol. The Kier molecular flexibility index (Phi) is 2.02. The second-order valence-electron chi connectivity index (χ2n) is 3.53. The van der Waals surface area contributed by atoms with Gasteiger partial charge in [-0.1, -0.05) is 0 Å². The van der Waals surface area contributed by atoms with Crippen LogP contribution in [-0.2, 0) is 0 Å². The lowest BCUT2D eigenvalue weighted by molar-refractivity contribution is 0.817. The first-order valence-corrected chi connectivity index (χ1v) is 5.52. The summed E-state index contributed by atoms with van der Waals surface area (Å²) in [5.41, 5.74) is 1.09. The van der Waals surface area contributed by atoms with Crippen LogP contribution in [-0.4, -0.2) is 24.7 Å². The van der Waals surface area contributed by atoms with E-state index in [4.69, 9.17) is 0 Å². The fourth-order valence-corrected chi connectivity index (χ4v) is 1.84. The number of hydrogen-bond donors (Lipinski definition) is 0. The maximum absolute atomic E-state index is 4.35. The van der Waals surface area contributed by atoms with E-state index in [2.05, 4.69) is 36.0 Å². The first-order valence-electron chi connectivity index (χ1n) is 4.72. The minimum Gasteiger partial charge on any atom is -0.227 e. The standard InChI is InChI=1S/C9H8BrN5/c10-9-13-7(6-1-2-6)3-8(14-9)15-5-11-4-12-15/h3-6H,1-2H2. The Bertz CT molecular complexity index is 477. The topological polar surface area (TPSA) is 56.5 Å². The van der Waals surface area contributed by atoms with Gasteiger partial charge in [-0.3, -0.25) is 0 Å². The normalized spacial score (nSPS) is 15.5. The maximum Gasteiger partial charge on any atom is 0.198 e. The fraction of sp³-hybridized carbons (Fsp3) is 0.333. The van der Waals surface area contributed by atoms with Gasteiger partial charge >= 0.3 is 0 Å². The molecule has 2 aromatic heterocycles. The van der Waals surface area contributed by atoms with Crippen LogP contribution in [0.3, 0.4) is 0 Å². The third-order valence-corrected chi connectivity index (χ3v) is 2.71. The first kappa shape index (κ1) is 8.96. The lowest BCUT2D eigenvalue weighted by Gasteiger charge is -2.03. The van der Waals surface area contributed by atoms with Crippen LogP contribution < -0.4 is 0 Å². The highest BCUT2D eigenvalue weighted by atomic mass is 79.9. The van der Waals surface area contributed by atoms with Gasteiger partial charge in [-0.2, -0.15) is 5.10 Å². The quantitative estimate of drug-likeness (QED) is 0.776. The number of halogens is 1. The van der Waals surface area contributed by atoms with Crippen molar-refractivity contribution in [1.82, 2.24) is 24.7 Å². The molecule has 1 saturated carbocycles. The molecule has 76 valence electrons. The molecule has 2 aromatic rings. The second kappa shape index (κ2) is 3.37. The molecule has 0 N–H and O–H groups in total. The van der Waals surface area contributed by atoms with Gasteiger partial charge in [0.25, 0.3) is 0 Å². The van der Waals surface area contributed by atoms with Crippen LogP contribution in [0.1, 0.15) is 24.5 Å². The van der Waals surface area contributed by atoms with Crippen LogP contribution in [0.25, 0.3) is 5.82 Å². The zero-order valence-electron chi connectivity index (χ0n) is 7.84. The van der Waals surface area contributed by atoms with Gasteiger partial charge in [-0.05, 0) is 28.8 Å². The molecular formula is C9H8BrN5. The van der Waals surface area contributed by atoms with Gasteiger partial charge in [0.05, 0.1) is 5.69 Å². The van der Waals surface area contributed by atoms with E-state index >= 15 is 0 Å². The van der Waals surface area contributed by atoms with Crippen molar-refractivity contribution in [2.24, 2.45) is 0 Å². The summed E-state index contributed by atoms with van der Waals surface area (Å²) in [5.74, 6) is 1.36. The van der Waals surface area contributed by atoms with Crippen molar-refractivity contribution in [3.63, 3.8) is 0 Å². The summed E-state index contributed by atoms with van der Waals surface area (Å²) in [6, 6.07) is 1.97. The average Bonchev–Trinajstić information content (AvgIpc) is 2.93. The summed E-state index contributed by atoms with van der Waals surface area (Å²) in [6.45, 7) is 0. The van der Waals surface area contributed by atoms with Crippen LogP contribution in [0, 0.1) is 0 Å². The Morgan fingerprint density at radius 3 is 2.87 bits per heavy atom. The predicted molar refractivity (Wildman–Crippen MR) is 56.6 cm³/mol. The Morgan fingerprint density at radius 2 is 2.20 bits per heavy atom. The number of nitrogens with zero attached hydrogens (tertiary/aromatic N) is 5. The van der Waals surface area contributed by atoms with Crippen LogP contribution in [0.4, 0.5) is 0 Å². The molecular weight excluding hydrogens is 258 g/mol. The monoisotopic (exact) mass is 265 g/mol. The molecule has 0 saturated heterocycles. The lowest BCUT2D eigenvalue weighted by Crippen LogP contribution is -2.01. The highest BCUT2D eigenvalue weighted by molar-refractivity contribution is 9.10. The van der Waals surface area contributed by atoms with E-state index in [-0.39, 0.29) is 0 Å². The molecule has 0 bridgehead atoms. The van der Waals surface area contributed by atoms with Gasteiger partial charge in [-0.25, -0.2) is 19.6 Å². The molecule has 15 heavy (non-hydrogen) atoms. The van der Waals surface area contributed by atoms with Crippen molar-refractivity contribution in [2.45, 2.75) is 18.8 Å². The molecule has 0 amide bonds. The molecule has 0 aliphatic heterocycles. The fourth-order valence-electron chi connectivity index (χ4n) is 1.46. The van der Waals surface area contributed by atoms with Crippen molar-refractivity contribution < 1.29 is 0 Å². The Labute approximate surface area is 94.7 Å². The Balaban J connectivity index is 2.07. The van der Waals surface area contributed by atoms with Gasteiger partial charge < -0.3 is 0 Å². The second-order valence-corrected chi connectivity index (χ2v) is 4.24. The third-order valence-electron chi connectivity index (χ3n) is 2.35. The smallest absolute Gasteiger partial charge is 0.198 e. The van der Waals surface area contributed by atoms with Crippen LogP contribution in [0.5, 0.6) is 0 Å². The van der Waals surface area contributed by atoms with Crippen molar-refractivity contribution in [3.8, 4) is 5.82 Å². The number of hydrogen-bond acceptors (Lipinski definition) is 4. The SMILES string of the molecule is Brc1nc(C2CC2)cc(-n2cncn2)n1. The largest absolute Gasteiger partial charge is 0.227 e. The van der Waals surface area contributed by atoms with Gasteiger partial charge in [0.2, 0.25) is 0 Å². The van der Waals surface area contributed by atoms with Crippen molar-refractivity contribution in [1.29, 1.82) is 0 Å².